The quantitative estimate of drug-likeness (QED) is 0.791. The summed E-state index contributed by atoms with van der Waals surface area (Å²) < 4.78 is 3.98. The summed E-state index contributed by atoms with van der Waals surface area (Å²) in [5, 5.41) is 4.41. The van der Waals surface area contributed by atoms with Gasteiger partial charge in [0, 0.05) is 17.6 Å². The largest absolute Gasteiger partial charge is 0.357 e. The fraction of sp³-hybridized carbons (Fsp3) is 0.778. The third kappa shape index (κ3) is 1.82. The lowest BCUT2D eigenvalue weighted by Gasteiger charge is -2.18. The van der Waals surface area contributed by atoms with E-state index in [1.165, 1.54) is 24.4 Å². The molecule has 0 spiro atoms. The summed E-state index contributed by atoms with van der Waals surface area (Å²) in [6, 6.07) is 0.600. The Hall–Kier alpha value is -0.640. The number of rotatable bonds is 2. The van der Waals surface area contributed by atoms with Gasteiger partial charge in [-0.15, -0.1) is 0 Å². The van der Waals surface area contributed by atoms with Crippen molar-refractivity contribution in [2.24, 2.45) is 11.8 Å². The van der Waals surface area contributed by atoms with Gasteiger partial charge in [0.05, 0.1) is 0 Å². The summed E-state index contributed by atoms with van der Waals surface area (Å²) >= 11 is 1.44. The molecule has 0 aromatic carbocycles. The predicted molar refractivity (Wildman–Crippen MR) is 54.9 cm³/mol. The first-order valence-electron chi connectivity index (χ1n) is 4.80. The lowest BCUT2D eigenvalue weighted by atomic mass is 9.98. The minimum Gasteiger partial charge on any atom is -0.357 e. The fourth-order valence-electron chi connectivity index (χ4n) is 1.96. The molecule has 0 bridgehead atoms. The van der Waals surface area contributed by atoms with Crippen LogP contribution in [0.4, 0.5) is 5.13 Å². The van der Waals surface area contributed by atoms with Gasteiger partial charge in [0.2, 0.25) is 5.13 Å². The third-order valence-electron chi connectivity index (χ3n) is 3.14. The predicted octanol–water partition coefficient (Wildman–Crippen LogP) is 2.38. The van der Waals surface area contributed by atoms with E-state index in [1.807, 2.05) is 0 Å². The van der Waals surface area contributed by atoms with E-state index in [0.29, 0.717) is 6.04 Å². The van der Waals surface area contributed by atoms with Crippen molar-refractivity contribution in [1.29, 1.82) is 0 Å². The SMILES string of the molecule is CC1CCC(Nc2ncns2)C1C. The Kier molecular flexibility index (Phi) is 2.49. The van der Waals surface area contributed by atoms with E-state index in [-0.39, 0.29) is 0 Å². The van der Waals surface area contributed by atoms with Crippen LogP contribution in [-0.4, -0.2) is 15.4 Å². The highest BCUT2D eigenvalue weighted by Crippen LogP contribution is 2.33. The molecular formula is C9H15N3S. The van der Waals surface area contributed by atoms with Crippen LogP contribution in [0.5, 0.6) is 0 Å². The number of nitrogens with zero attached hydrogens (tertiary/aromatic N) is 2. The molecule has 1 aromatic rings. The molecule has 0 amide bonds. The molecule has 1 heterocycles. The highest BCUT2D eigenvalue weighted by molar-refractivity contribution is 7.09. The Morgan fingerprint density at radius 2 is 2.31 bits per heavy atom. The molecule has 3 atom stereocenters. The van der Waals surface area contributed by atoms with E-state index in [9.17, 15) is 0 Å². The summed E-state index contributed by atoms with van der Waals surface area (Å²) in [5.41, 5.74) is 0. The molecule has 0 aliphatic heterocycles. The number of anilines is 1. The van der Waals surface area contributed by atoms with E-state index in [4.69, 9.17) is 0 Å². The molecule has 3 unspecified atom stereocenters. The first kappa shape index (κ1) is 8.94. The molecule has 1 N–H and O–H groups in total. The summed E-state index contributed by atoms with van der Waals surface area (Å²) in [7, 11) is 0. The van der Waals surface area contributed by atoms with Crippen LogP contribution >= 0.6 is 11.5 Å². The van der Waals surface area contributed by atoms with Crippen molar-refractivity contribution in [3.63, 3.8) is 0 Å². The molecule has 2 rings (SSSR count). The Balaban J connectivity index is 1.96. The van der Waals surface area contributed by atoms with Gasteiger partial charge in [-0.05, 0) is 24.7 Å². The molecule has 1 saturated carbocycles. The highest BCUT2D eigenvalue weighted by Gasteiger charge is 2.29. The first-order valence-corrected chi connectivity index (χ1v) is 5.58. The molecule has 0 radical (unpaired) electrons. The van der Waals surface area contributed by atoms with Gasteiger partial charge in [0.25, 0.3) is 0 Å². The number of nitrogens with one attached hydrogen (secondary N) is 1. The molecule has 1 aromatic heterocycles. The number of hydrogen-bond acceptors (Lipinski definition) is 4. The third-order valence-corrected chi connectivity index (χ3v) is 3.73. The molecular weight excluding hydrogens is 182 g/mol. The van der Waals surface area contributed by atoms with E-state index in [0.717, 1.165) is 17.0 Å². The van der Waals surface area contributed by atoms with Crippen molar-refractivity contribution in [3.05, 3.63) is 6.33 Å². The average Bonchev–Trinajstić information content (AvgIpc) is 2.71. The van der Waals surface area contributed by atoms with Gasteiger partial charge in [-0.2, -0.15) is 4.37 Å². The zero-order chi connectivity index (χ0) is 9.26. The maximum absolute atomic E-state index is 4.14. The highest BCUT2D eigenvalue weighted by atomic mass is 32.1. The van der Waals surface area contributed by atoms with Crippen LogP contribution < -0.4 is 5.32 Å². The van der Waals surface area contributed by atoms with Crippen LogP contribution in [0.15, 0.2) is 6.33 Å². The van der Waals surface area contributed by atoms with Crippen LogP contribution in [0.3, 0.4) is 0 Å². The molecule has 1 aliphatic rings. The summed E-state index contributed by atoms with van der Waals surface area (Å²) in [5.74, 6) is 1.59. The zero-order valence-corrected chi connectivity index (χ0v) is 8.84. The molecule has 0 saturated heterocycles. The van der Waals surface area contributed by atoms with E-state index >= 15 is 0 Å². The van der Waals surface area contributed by atoms with Crippen molar-refractivity contribution in [2.45, 2.75) is 32.7 Å². The van der Waals surface area contributed by atoms with Crippen LogP contribution in [0.2, 0.25) is 0 Å². The van der Waals surface area contributed by atoms with E-state index in [2.05, 4.69) is 28.5 Å². The standard InChI is InChI=1S/C9H15N3S/c1-6-3-4-8(7(6)2)12-9-10-5-11-13-9/h5-8H,3-4H2,1-2H3,(H,10,11,12). The summed E-state index contributed by atoms with van der Waals surface area (Å²) in [6.07, 6.45) is 4.20. The Morgan fingerprint density at radius 1 is 1.46 bits per heavy atom. The van der Waals surface area contributed by atoms with Gasteiger partial charge in [-0.3, -0.25) is 0 Å². The van der Waals surface area contributed by atoms with Crippen LogP contribution in [0, 0.1) is 11.8 Å². The van der Waals surface area contributed by atoms with Crippen molar-refractivity contribution in [2.75, 3.05) is 5.32 Å². The van der Waals surface area contributed by atoms with Gasteiger partial charge in [-0.25, -0.2) is 4.98 Å². The molecule has 4 heteroatoms. The monoisotopic (exact) mass is 197 g/mol. The van der Waals surface area contributed by atoms with Gasteiger partial charge in [-0.1, -0.05) is 13.8 Å². The Morgan fingerprint density at radius 3 is 2.85 bits per heavy atom. The number of hydrogen-bond donors (Lipinski definition) is 1. The maximum Gasteiger partial charge on any atom is 0.202 e. The van der Waals surface area contributed by atoms with Crippen LogP contribution in [-0.2, 0) is 0 Å². The topological polar surface area (TPSA) is 37.8 Å². The van der Waals surface area contributed by atoms with Gasteiger partial charge in [0.15, 0.2) is 0 Å². The summed E-state index contributed by atoms with van der Waals surface area (Å²) in [4.78, 5) is 4.14. The molecule has 1 aliphatic carbocycles. The van der Waals surface area contributed by atoms with E-state index < -0.39 is 0 Å². The average molecular weight is 197 g/mol. The van der Waals surface area contributed by atoms with Gasteiger partial charge < -0.3 is 5.32 Å². The Bertz CT molecular complexity index is 260. The van der Waals surface area contributed by atoms with E-state index in [1.54, 1.807) is 6.33 Å². The minimum absolute atomic E-state index is 0.600. The second-order valence-electron chi connectivity index (χ2n) is 3.91. The maximum atomic E-state index is 4.14. The van der Waals surface area contributed by atoms with Gasteiger partial charge in [0.1, 0.15) is 6.33 Å². The molecule has 3 nitrogen and oxygen atoms in total. The van der Waals surface area contributed by atoms with Crippen LogP contribution in [0.1, 0.15) is 26.7 Å². The fourth-order valence-corrected chi connectivity index (χ4v) is 2.46. The first-order chi connectivity index (χ1) is 6.27. The van der Waals surface area contributed by atoms with Crippen molar-refractivity contribution < 1.29 is 0 Å². The number of aromatic nitrogens is 2. The van der Waals surface area contributed by atoms with Gasteiger partial charge >= 0.3 is 0 Å². The molecule has 1 fully saturated rings. The lowest BCUT2D eigenvalue weighted by molar-refractivity contribution is 0.435. The zero-order valence-electron chi connectivity index (χ0n) is 8.03. The normalized spacial score (nSPS) is 33.5. The Labute approximate surface area is 82.8 Å². The molecule has 72 valence electrons. The second kappa shape index (κ2) is 3.62. The van der Waals surface area contributed by atoms with Crippen molar-refractivity contribution in [1.82, 2.24) is 9.36 Å². The summed E-state index contributed by atoms with van der Waals surface area (Å²) in [6.45, 7) is 4.64. The smallest absolute Gasteiger partial charge is 0.202 e. The molecule has 13 heavy (non-hydrogen) atoms. The second-order valence-corrected chi connectivity index (χ2v) is 4.69. The van der Waals surface area contributed by atoms with Crippen molar-refractivity contribution in [3.8, 4) is 0 Å². The van der Waals surface area contributed by atoms with Crippen molar-refractivity contribution >= 4 is 16.7 Å². The minimum atomic E-state index is 0.600. The lowest BCUT2D eigenvalue weighted by Crippen LogP contribution is -2.23. The van der Waals surface area contributed by atoms with Crippen LogP contribution in [0.25, 0.3) is 0 Å².